The number of nitrogens with zero attached hydrogens (tertiary/aromatic N) is 2. The Morgan fingerprint density at radius 3 is 2.90 bits per heavy atom. The van der Waals surface area contributed by atoms with Gasteiger partial charge in [0.05, 0.1) is 12.9 Å². The number of carboxylic acid groups (broad SMARTS) is 1. The summed E-state index contributed by atoms with van der Waals surface area (Å²) in [5.41, 5.74) is 0.236. The largest absolute Gasteiger partial charge is 0.478 e. The monoisotopic (exact) mass is 348 g/mol. The molecular weight excluding hydrogens is 340 g/mol. The second-order valence-corrected chi connectivity index (χ2v) is 5.23. The van der Waals surface area contributed by atoms with Crippen LogP contribution >= 0.6 is 15.9 Å². The van der Waals surface area contributed by atoms with Crippen LogP contribution in [0.25, 0.3) is 11.0 Å². The normalized spacial score (nSPS) is 10.9. The topological polar surface area (TPSA) is 85.3 Å². The molecule has 21 heavy (non-hydrogen) atoms. The van der Waals surface area contributed by atoms with Gasteiger partial charge in [0, 0.05) is 11.6 Å². The molecule has 0 radical (unpaired) electrons. The SMILES string of the molecule is O=C(O)c1c(Cn2cncc(Br)c2=O)oc2ccccc12. The Balaban J connectivity index is 2.16. The van der Waals surface area contributed by atoms with Crippen LogP contribution < -0.4 is 5.56 Å². The lowest BCUT2D eigenvalue weighted by atomic mass is 10.1. The molecule has 0 saturated carbocycles. The van der Waals surface area contributed by atoms with E-state index in [2.05, 4.69) is 20.9 Å². The third-order valence-corrected chi connectivity index (χ3v) is 3.60. The van der Waals surface area contributed by atoms with Crippen LogP contribution in [-0.2, 0) is 6.54 Å². The summed E-state index contributed by atoms with van der Waals surface area (Å²) in [5.74, 6) is -0.878. The van der Waals surface area contributed by atoms with E-state index < -0.39 is 5.97 Å². The maximum atomic E-state index is 12.0. The molecule has 1 N–H and O–H groups in total. The molecule has 0 fully saturated rings. The van der Waals surface area contributed by atoms with Gasteiger partial charge in [-0.15, -0.1) is 0 Å². The first kappa shape index (κ1) is 13.6. The lowest BCUT2D eigenvalue weighted by Gasteiger charge is -2.03. The van der Waals surface area contributed by atoms with Crippen LogP contribution in [0.3, 0.4) is 0 Å². The number of para-hydroxylation sites is 1. The van der Waals surface area contributed by atoms with Gasteiger partial charge in [0.1, 0.15) is 21.4 Å². The van der Waals surface area contributed by atoms with Crippen LogP contribution in [0.4, 0.5) is 0 Å². The number of hydrogen-bond donors (Lipinski definition) is 1. The molecule has 7 heteroatoms. The number of aromatic carboxylic acids is 1. The zero-order chi connectivity index (χ0) is 15.0. The number of furan rings is 1. The summed E-state index contributed by atoms with van der Waals surface area (Å²) in [6.45, 7) is 0.00157. The molecule has 1 aromatic carbocycles. The van der Waals surface area contributed by atoms with E-state index in [0.717, 1.165) is 0 Å². The molecule has 0 aliphatic rings. The van der Waals surface area contributed by atoms with Crippen molar-refractivity contribution in [2.24, 2.45) is 0 Å². The van der Waals surface area contributed by atoms with E-state index in [-0.39, 0.29) is 23.4 Å². The summed E-state index contributed by atoms with van der Waals surface area (Å²) in [6, 6.07) is 6.86. The summed E-state index contributed by atoms with van der Waals surface area (Å²) < 4.78 is 7.17. The second-order valence-electron chi connectivity index (χ2n) is 4.38. The van der Waals surface area contributed by atoms with Crippen molar-refractivity contribution in [3.63, 3.8) is 0 Å². The second kappa shape index (κ2) is 5.17. The molecule has 106 valence electrons. The average Bonchev–Trinajstić information content (AvgIpc) is 2.82. The fourth-order valence-electron chi connectivity index (χ4n) is 2.13. The molecule has 3 rings (SSSR count). The maximum Gasteiger partial charge on any atom is 0.339 e. The Morgan fingerprint density at radius 2 is 2.14 bits per heavy atom. The molecule has 0 amide bonds. The Morgan fingerprint density at radius 1 is 1.38 bits per heavy atom. The highest BCUT2D eigenvalue weighted by atomic mass is 79.9. The molecule has 0 unspecified atom stereocenters. The standard InChI is InChI=1S/C14H9BrN2O4/c15-9-5-16-7-17(13(9)18)6-11-12(14(19)20)8-3-1-2-4-10(8)21-11/h1-5,7H,6H2,(H,19,20). The number of aromatic nitrogens is 2. The van der Waals surface area contributed by atoms with Gasteiger partial charge >= 0.3 is 5.97 Å². The molecule has 3 aromatic rings. The smallest absolute Gasteiger partial charge is 0.339 e. The third kappa shape index (κ3) is 2.36. The van der Waals surface area contributed by atoms with Gasteiger partial charge in [0.2, 0.25) is 0 Å². The predicted molar refractivity (Wildman–Crippen MR) is 78.5 cm³/mol. The Kier molecular flexibility index (Phi) is 3.34. The zero-order valence-corrected chi connectivity index (χ0v) is 12.2. The zero-order valence-electron chi connectivity index (χ0n) is 10.6. The molecule has 0 bridgehead atoms. The van der Waals surface area contributed by atoms with Crippen LogP contribution in [-0.4, -0.2) is 20.6 Å². The average molecular weight is 349 g/mol. The fourth-order valence-corrected chi connectivity index (χ4v) is 2.48. The van der Waals surface area contributed by atoms with E-state index in [1.54, 1.807) is 24.3 Å². The van der Waals surface area contributed by atoms with Crippen molar-refractivity contribution < 1.29 is 14.3 Å². The first-order valence-electron chi connectivity index (χ1n) is 6.01. The van der Waals surface area contributed by atoms with E-state index in [0.29, 0.717) is 15.4 Å². The van der Waals surface area contributed by atoms with Gasteiger partial charge in [-0.05, 0) is 22.0 Å². The van der Waals surface area contributed by atoms with Crippen molar-refractivity contribution in [2.75, 3.05) is 0 Å². The quantitative estimate of drug-likeness (QED) is 0.785. The molecule has 0 saturated heterocycles. The van der Waals surface area contributed by atoms with Crippen LogP contribution in [0, 0.1) is 0 Å². The summed E-state index contributed by atoms with van der Waals surface area (Å²) in [6.07, 6.45) is 2.72. The molecule has 0 atom stereocenters. The van der Waals surface area contributed by atoms with Crippen molar-refractivity contribution >= 4 is 32.9 Å². The molecular formula is C14H9BrN2O4. The fraction of sp³-hybridized carbons (Fsp3) is 0.0714. The minimum Gasteiger partial charge on any atom is -0.478 e. The summed E-state index contributed by atoms with van der Waals surface area (Å²) in [7, 11) is 0. The molecule has 0 aliphatic heterocycles. The van der Waals surface area contributed by atoms with E-state index in [9.17, 15) is 14.7 Å². The lowest BCUT2D eigenvalue weighted by Crippen LogP contribution is -2.21. The van der Waals surface area contributed by atoms with Gasteiger partial charge in [-0.3, -0.25) is 9.36 Å². The molecule has 2 heterocycles. The van der Waals surface area contributed by atoms with Gasteiger partial charge in [-0.1, -0.05) is 18.2 Å². The van der Waals surface area contributed by atoms with E-state index in [1.807, 2.05) is 0 Å². The molecule has 0 spiro atoms. The van der Waals surface area contributed by atoms with Crippen LogP contribution in [0.1, 0.15) is 16.1 Å². The van der Waals surface area contributed by atoms with Gasteiger partial charge in [0.15, 0.2) is 0 Å². The number of fused-ring (bicyclic) bond motifs is 1. The van der Waals surface area contributed by atoms with Gasteiger partial charge in [0.25, 0.3) is 5.56 Å². The Bertz CT molecular complexity index is 897. The molecule has 0 aliphatic carbocycles. The Hall–Kier alpha value is -2.41. The van der Waals surface area contributed by atoms with Crippen molar-refractivity contribution in [3.8, 4) is 0 Å². The van der Waals surface area contributed by atoms with Crippen LogP contribution in [0.5, 0.6) is 0 Å². The van der Waals surface area contributed by atoms with Gasteiger partial charge in [-0.2, -0.15) is 0 Å². The van der Waals surface area contributed by atoms with E-state index >= 15 is 0 Å². The van der Waals surface area contributed by atoms with Crippen molar-refractivity contribution in [1.29, 1.82) is 0 Å². The highest BCUT2D eigenvalue weighted by Gasteiger charge is 2.20. The number of halogens is 1. The van der Waals surface area contributed by atoms with E-state index in [4.69, 9.17) is 4.42 Å². The third-order valence-electron chi connectivity index (χ3n) is 3.06. The highest BCUT2D eigenvalue weighted by molar-refractivity contribution is 9.10. The number of carboxylic acids is 1. The molecule has 2 aromatic heterocycles. The maximum absolute atomic E-state index is 12.0. The number of hydrogen-bond acceptors (Lipinski definition) is 4. The van der Waals surface area contributed by atoms with E-state index in [1.165, 1.54) is 17.1 Å². The number of rotatable bonds is 3. The highest BCUT2D eigenvalue weighted by Crippen LogP contribution is 2.26. The van der Waals surface area contributed by atoms with Gasteiger partial charge < -0.3 is 9.52 Å². The minimum absolute atomic E-state index is 0.00157. The number of benzene rings is 1. The predicted octanol–water partition coefficient (Wildman–Crippen LogP) is 2.50. The molecule has 6 nitrogen and oxygen atoms in total. The van der Waals surface area contributed by atoms with Crippen molar-refractivity contribution in [1.82, 2.24) is 9.55 Å². The van der Waals surface area contributed by atoms with Crippen molar-refractivity contribution in [2.45, 2.75) is 6.54 Å². The van der Waals surface area contributed by atoms with Crippen LogP contribution in [0.2, 0.25) is 0 Å². The number of carbonyl (C=O) groups is 1. The minimum atomic E-state index is -1.09. The van der Waals surface area contributed by atoms with Gasteiger partial charge in [-0.25, -0.2) is 9.78 Å². The first-order chi connectivity index (χ1) is 10.1. The summed E-state index contributed by atoms with van der Waals surface area (Å²) in [5, 5.41) is 9.89. The lowest BCUT2D eigenvalue weighted by molar-refractivity contribution is 0.0696. The summed E-state index contributed by atoms with van der Waals surface area (Å²) in [4.78, 5) is 27.3. The van der Waals surface area contributed by atoms with Crippen LogP contribution in [0.15, 0.2) is 50.5 Å². The van der Waals surface area contributed by atoms with Crippen molar-refractivity contribution in [3.05, 3.63) is 62.9 Å². The Labute approximate surface area is 126 Å². The first-order valence-corrected chi connectivity index (χ1v) is 6.81. The summed E-state index contributed by atoms with van der Waals surface area (Å²) >= 11 is 3.10.